The molecule has 0 radical (unpaired) electrons. The maximum atomic E-state index is 9.29. The van der Waals surface area contributed by atoms with Gasteiger partial charge in [-0.2, -0.15) is 0 Å². The molecule has 6 heteroatoms. The van der Waals surface area contributed by atoms with Crippen molar-refractivity contribution >= 4 is 11.6 Å². The van der Waals surface area contributed by atoms with Crippen molar-refractivity contribution in [3.8, 4) is 5.75 Å². The zero-order valence-electron chi connectivity index (χ0n) is 10.9. The molecule has 1 rings (SSSR count). The highest BCUT2D eigenvalue weighted by molar-refractivity contribution is 6.31. The van der Waals surface area contributed by atoms with E-state index in [2.05, 4.69) is 5.32 Å². The van der Waals surface area contributed by atoms with Crippen LogP contribution in [0.25, 0.3) is 0 Å². The lowest BCUT2D eigenvalue weighted by molar-refractivity contribution is 0.0532. The maximum Gasteiger partial charge on any atom is 0.125 e. The zero-order valence-corrected chi connectivity index (χ0v) is 11.7. The summed E-state index contributed by atoms with van der Waals surface area (Å²) in [5.41, 5.74) is 0.824. The van der Waals surface area contributed by atoms with Gasteiger partial charge in [-0.3, -0.25) is 0 Å². The first kappa shape index (κ1) is 16.2. The molecule has 0 spiro atoms. The Morgan fingerprint density at radius 2 is 2.21 bits per heavy atom. The number of halogens is 1. The fourth-order valence-corrected chi connectivity index (χ4v) is 1.70. The third-order valence-electron chi connectivity index (χ3n) is 2.50. The van der Waals surface area contributed by atoms with E-state index < -0.39 is 6.10 Å². The van der Waals surface area contributed by atoms with Gasteiger partial charge in [0.05, 0.1) is 13.2 Å². The van der Waals surface area contributed by atoms with Gasteiger partial charge in [-0.15, -0.1) is 0 Å². The number of hydrogen-bond acceptors (Lipinski definition) is 5. The molecule has 0 amide bonds. The Hall–Kier alpha value is -0.850. The second kappa shape index (κ2) is 9.12. The van der Waals surface area contributed by atoms with Crippen molar-refractivity contribution in [2.45, 2.75) is 12.6 Å². The summed E-state index contributed by atoms with van der Waals surface area (Å²) in [7, 11) is 1.64. The molecule has 0 heterocycles. The molecular formula is C13H20ClNO4. The van der Waals surface area contributed by atoms with Gasteiger partial charge in [-0.05, 0) is 12.1 Å². The van der Waals surface area contributed by atoms with Crippen LogP contribution >= 0.6 is 11.6 Å². The maximum absolute atomic E-state index is 9.29. The molecule has 0 saturated heterocycles. The second-order valence-corrected chi connectivity index (χ2v) is 4.44. The molecule has 3 N–H and O–H groups in total. The van der Waals surface area contributed by atoms with E-state index >= 15 is 0 Å². The number of ether oxygens (including phenoxy) is 2. The van der Waals surface area contributed by atoms with Crippen LogP contribution in [-0.4, -0.2) is 49.8 Å². The summed E-state index contributed by atoms with van der Waals surface area (Å²) in [6.07, 6.45) is -0.895. The molecule has 0 saturated carbocycles. The highest BCUT2D eigenvalue weighted by atomic mass is 35.5. The molecule has 0 aliphatic carbocycles. The molecule has 1 aromatic carbocycles. The topological polar surface area (TPSA) is 71.0 Å². The number of nitrogens with one attached hydrogen (secondary N) is 1. The molecule has 5 nitrogen and oxygen atoms in total. The van der Waals surface area contributed by atoms with Gasteiger partial charge in [-0.1, -0.05) is 17.7 Å². The van der Waals surface area contributed by atoms with Gasteiger partial charge in [0.15, 0.2) is 0 Å². The van der Waals surface area contributed by atoms with Gasteiger partial charge in [0, 0.05) is 30.8 Å². The van der Waals surface area contributed by atoms with Crippen LogP contribution in [0.3, 0.4) is 0 Å². The van der Waals surface area contributed by atoms with Crippen LogP contribution in [-0.2, 0) is 11.3 Å². The van der Waals surface area contributed by atoms with E-state index in [1.165, 1.54) is 0 Å². The van der Waals surface area contributed by atoms with E-state index in [0.717, 1.165) is 5.56 Å². The van der Waals surface area contributed by atoms with Gasteiger partial charge in [0.1, 0.15) is 18.5 Å². The lowest BCUT2D eigenvalue weighted by Crippen LogP contribution is -2.23. The lowest BCUT2D eigenvalue weighted by Gasteiger charge is -2.15. The van der Waals surface area contributed by atoms with Crippen molar-refractivity contribution in [2.24, 2.45) is 0 Å². The second-order valence-electron chi connectivity index (χ2n) is 4.03. The largest absolute Gasteiger partial charge is 0.490 e. The molecule has 1 unspecified atom stereocenters. The van der Waals surface area contributed by atoms with Crippen molar-refractivity contribution in [1.29, 1.82) is 0 Å². The van der Waals surface area contributed by atoms with Crippen LogP contribution < -0.4 is 10.1 Å². The summed E-state index contributed by atoms with van der Waals surface area (Å²) in [6.45, 7) is 1.57. The van der Waals surface area contributed by atoms with Crippen LogP contribution in [0.1, 0.15) is 5.56 Å². The molecule has 0 aliphatic rings. The number of methoxy groups -OCH3 is 1. The molecule has 19 heavy (non-hydrogen) atoms. The summed E-state index contributed by atoms with van der Waals surface area (Å²) in [4.78, 5) is 0. The Morgan fingerprint density at radius 1 is 1.42 bits per heavy atom. The van der Waals surface area contributed by atoms with E-state index in [1.807, 2.05) is 0 Å². The molecule has 0 fully saturated rings. The first-order valence-electron chi connectivity index (χ1n) is 6.07. The van der Waals surface area contributed by atoms with Crippen molar-refractivity contribution in [2.75, 3.05) is 33.5 Å². The molecule has 0 aromatic heterocycles. The number of benzene rings is 1. The minimum absolute atomic E-state index is 0.0297. The van der Waals surface area contributed by atoms with Gasteiger partial charge in [0.2, 0.25) is 0 Å². The summed E-state index contributed by atoms with van der Waals surface area (Å²) >= 11 is 6.13. The first-order valence-corrected chi connectivity index (χ1v) is 6.45. The van der Waals surface area contributed by atoms with Crippen molar-refractivity contribution in [3.63, 3.8) is 0 Å². The summed E-state index contributed by atoms with van der Waals surface area (Å²) in [5.74, 6) is 0.602. The fraction of sp³-hybridized carbons (Fsp3) is 0.538. The lowest BCUT2D eigenvalue weighted by atomic mass is 10.2. The Labute approximate surface area is 118 Å². The van der Waals surface area contributed by atoms with Crippen molar-refractivity contribution in [3.05, 3.63) is 28.8 Å². The molecule has 1 atom stereocenters. The summed E-state index contributed by atoms with van der Waals surface area (Å²) in [5, 5.41) is 21.8. The van der Waals surface area contributed by atoms with Crippen LogP contribution in [0.5, 0.6) is 5.75 Å². The van der Waals surface area contributed by atoms with Gasteiger partial charge >= 0.3 is 0 Å². The van der Waals surface area contributed by atoms with Crippen LogP contribution in [0, 0.1) is 0 Å². The number of aliphatic hydroxyl groups is 2. The van der Waals surface area contributed by atoms with Gasteiger partial charge < -0.3 is 25.0 Å². The van der Waals surface area contributed by atoms with Crippen molar-refractivity contribution < 1.29 is 19.7 Å². The Bertz CT molecular complexity index is 376. The molecule has 108 valence electrons. The van der Waals surface area contributed by atoms with Crippen LogP contribution in [0.4, 0.5) is 0 Å². The fourth-order valence-electron chi connectivity index (χ4n) is 1.47. The number of aliphatic hydroxyl groups excluding tert-OH is 2. The Kier molecular flexibility index (Phi) is 7.78. The average molecular weight is 290 g/mol. The van der Waals surface area contributed by atoms with Crippen LogP contribution in [0.2, 0.25) is 5.02 Å². The molecule has 0 aliphatic heterocycles. The zero-order chi connectivity index (χ0) is 14.1. The van der Waals surface area contributed by atoms with Crippen molar-refractivity contribution in [1.82, 2.24) is 5.32 Å². The standard InChI is InChI=1S/C13H20ClNO4/c1-18-6-5-15-7-11-12(14)3-2-4-13(11)19-9-10(17)8-16/h2-4,10,15-17H,5-9H2,1H3. The van der Waals surface area contributed by atoms with E-state index in [0.29, 0.717) is 30.5 Å². The van der Waals surface area contributed by atoms with Gasteiger partial charge in [0.25, 0.3) is 0 Å². The Balaban J connectivity index is 2.61. The SMILES string of the molecule is COCCNCc1c(Cl)cccc1OCC(O)CO. The van der Waals surface area contributed by atoms with E-state index in [1.54, 1.807) is 25.3 Å². The third-order valence-corrected chi connectivity index (χ3v) is 2.86. The van der Waals surface area contributed by atoms with E-state index in [-0.39, 0.29) is 13.2 Å². The number of hydrogen-bond donors (Lipinski definition) is 3. The van der Waals surface area contributed by atoms with Crippen LogP contribution in [0.15, 0.2) is 18.2 Å². The van der Waals surface area contributed by atoms with Gasteiger partial charge in [-0.25, -0.2) is 0 Å². The molecule has 0 bridgehead atoms. The summed E-state index contributed by atoms with van der Waals surface area (Å²) < 4.78 is 10.4. The smallest absolute Gasteiger partial charge is 0.125 e. The molecular weight excluding hydrogens is 270 g/mol. The average Bonchev–Trinajstić information content (AvgIpc) is 2.42. The number of rotatable bonds is 9. The molecule has 1 aromatic rings. The third kappa shape index (κ3) is 5.76. The highest BCUT2D eigenvalue weighted by Gasteiger charge is 2.10. The predicted molar refractivity (Wildman–Crippen MR) is 73.6 cm³/mol. The Morgan fingerprint density at radius 3 is 2.89 bits per heavy atom. The van der Waals surface area contributed by atoms with E-state index in [4.69, 9.17) is 26.2 Å². The predicted octanol–water partition coefficient (Wildman–Crippen LogP) is 0.808. The minimum Gasteiger partial charge on any atom is -0.490 e. The monoisotopic (exact) mass is 289 g/mol. The normalized spacial score (nSPS) is 12.4. The van der Waals surface area contributed by atoms with E-state index in [9.17, 15) is 5.11 Å². The summed E-state index contributed by atoms with van der Waals surface area (Å²) in [6, 6.07) is 5.34. The minimum atomic E-state index is -0.895. The quantitative estimate of drug-likeness (QED) is 0.587. The highest BCUT2D eigenvalue weighted by Crippen LogP contribution is 2.26. The first-order chi connectivity index (χ1) is 9.19.